The molecule has 0 heterocycles. The van der Waals surface area contributed by atoms with Gasteiger partial charge in [-0.3, -0.25) is 4.79 Å². The van der Waals surface area contributed by atoms with Crippen molar-refractivity contribution in [1.29, 1.82) is 0 Å². The van der Waals surface area contributed by atoms with Gasteiger partial charge in [-0.05, 0) is 30.4 Å². The zero-order chi connectivity index (χ0) is 13.7. The van der Waals surface area contributed by atoms with Crippen molar-refractivity contribution < 1.29 is 14.3 Å². The lowest BCUT2D eigenvalue weighted by Crippen LogP contribution is -2.02. The van der Waals surface area contributed by atoms with Gasteiger partial charge in [0.1, 0.15) is 5.75 Å². The van der Waals surface area contributed by atoms with E-state index in [4.69, 9.17) is 4.74 Å². The standard InChI is InChI=1S/C16H18O3/c1-3-19-15-10-8-12(9-11-16(17)18-2)13-6-4-5-7-14(13)15/h4-8,10H,3,9,11H2,1-2H3. The molecule has 2 aromatic rings. The van der Waals surface area contributed by atoms with E-state index < -0.39 is 0 Å². The van der Waals surface area contributed by atoms with Crippen LogP contribution in [-0.2, 0) is 16.0 Å². The van der Waals surface area contributed by atoms with Crippen LogP contribution in [-0.4, -0.2) is 19.7 Å². The lowest BCUT2D eigenvalue weighted by molar-refractivity contribution is -0.140. The molecule has 0 unspecified atom stereocenters. The van der Waals surface area contributed by atoms with Crippen molar-refractivity contribution in [2.75, 3.05) is 13.7 Å². The van der Waals surface area contributed by atoms with E-state index in [0.29, 0.717) is 19.4 Å². The van der Waals surface area contributed by atoms with E-state index in [1.165, 1.54) is 7.11 Å². The fourth-order valence-corrected chi connectivity index (χ4v) is 2.17. The molecule has 19 heavy (non-hydrogen) atoms. The number of hydrogen-bond acceptors (Lipinski definition) is 3. The number of methoxy groups -OCH3 is 1. The molecule has 3 nitrogen and oxygen atoms in total. The van der Waals surface area contributed by atoms with Crippen LogP contribution in [0.3, 0.4) is 0 Å². The van der Waals surface area contributed by atoms with E-state index in [1.807, 2.05) is 37.3 Å². The van der Waals surface area contributed by atoms with Crippen LogP contribution < -0.4 is 4.74 Å². The number of carbonyl (C=O) groups is 1. The summed E-state index contributed by atoms with van der Waals surface area (Å²) in [5.74, 6) is 0.706. The minimum Gasteiger partial charge on any atom is -0.493 e. The van der Waals surface area contributed by atoms with Crippen molar-refractivity contribution in [3.63, 3.8) is 0 Å². The lowest BCUT2D eigenvalue weighted by atomic mass is 10.00. The van der Waals surface area contributed by atoms with E-state index in [9.17, 15) is 4.79 Å². The summed E-state index contributed by atoms with van der Waals surface area (Å²) in [6.45, 7) is 2.62. The van der Waals surface area contributed by atoms with Crippen LogP contribution in [0.25, 0.3) is 10.8 Å². The van der Waals surface area contributed by atoms with Gasteiger partial charge in [-0.25, -0.2) is 0 Å². The van der Waals surface area contributed by atoms with Gasteiger partial charge >= 0.3 is 5.97 Å². The SMILES string of the molecule is CCOc1ccc(CCC(=O)OC)c2ccccc12. The molecule has 0 spiro atoms. The number of benzene rings is 2. The number of carbonyl (C=O) groups excluding carboxylic acids is 1. The molecule has 0 N–H and O–H groups in total. The van der Waals surface area contributed by atoms with Gasteiger partial charge in [-0.1, -0.05) is 30.3 Å². The molecular weight excluding hydrogens is 240 g/mol. The Balaban J connectivity index is 2.35. The highest BCUT2D eigenvalue weighted by molar-refractivity contribution is 5.91. The predicted octanol–water partition coefficient (Wildman–Crippen LogP) is 3.34. The molecule has 0 radical (unpaired) electrons. The van der Waals surface area contributed by atoms with Crippen LogP contribution >= 0.6 is 0 Å². The van der Waals surface area contributed by atoms with Crippen molar-refractivity contribution >= 4 is 16.7 Å². The van der Waals surface area contributed by atoms with Gasteiger partial charge in [0.25, 0.3) is 0 Å². The minimum absolute atomic E-state index is 0.182. The number of ether oxygens (including phenoxy) is 2. The third-order valence-corrected chi connectivity index (χ3v) is 3.10. The highest BCUT2D eigenvalue weighted by Gasteiger charge is 2.08. The topological polar surface area (TPSA) is 35.5 Å². The Morgan fingerprint density at radius 3 is 2.53 bits per heavy atom. The molecule has 0 aliphatic rings. The van der Waals surface area contributed by atoms with Crippen LogP contribution in [0, 0.1) is 0 Å². The maximum absolute atomic E-state index is 11.2. The second kappa shape index (κ2) is 6.23. The molecule has 0 saturated heterocycles. The van der Waals surface area contributed by atoms with Crippen LogP contribution in [0.4, 0.5) is 0 Å². The van der Waals surface area contributed by atoms with E-state index in [2.05, 4.69) is 10.8 Å². The van der Waals surface area contributed by atoms with Crippen molar-refractivity contribution in [2.45, 2.75) is 19.8 Å². The zero-order valence-corrected chi connectivity index (χ0v) is 11.3. The van der Waals surface area contributed by atoms with E-state index in [-0.39, 0.29) is 5.97 Å². The van der Waals surface area contributed by atoms with Gasteiger partial charge in [-0.15, -0.1) is 0 Å². The molecule has 0 aliphatic heterocycles. The monoisotopic (exact) mass is 258 g/mol. The number of esters is 1. The summed E-state index contributed by atoms with van der Waals surface area (Å²) in [6.07, 6.45) is 1.08. The van der Waals surface area contributed by atoms with Crippen LogP contribution in [0.2, 0.25) is 0 Å². The largest absolute Gasteiger partial charge is 0.493 e. The van der Waals surface area contributed by atoms with Gasteiger partial charge in [-0.2, -0.15) is 0 Å². The van der Waals surface area contributed by atoms with Crippen molar-refractivity contribution in [1.82, 2.24) is 0 Å². The molecule has 0 saturated carbocycles. The fraction of sp³-hybridized carbons (Fsp3) is 0.312. The fourth-order valence-electron chi connectivity index (χ4n) is 2.17. The molecule has 0 atom stereocenters. The van der Waals surface area contributed by atoms with Crippen molar-refractivity contribution in [2.24, 2.45) is 0 Å². The summed E-state index contributed by atoms with van der Waals surface area (Å²) in [4.78, 5) is 11.2. The number of hydrogen-bond donors (Lipinski definition) is 0. The van der Waals surface area contributed by atoms with Crippen LogP contribution in [0.5, 0.6) is 5.75 Å². The summed E-state index contributed by atoms with van der Waals surface area (Å²) >= 11 is 0. The van der Waals surface area contributed by atoms with E-state index in [1.54, 1.807) is 0 Å². The van der Waals surface area contributed by atoms with Crippen LogP contribution in [0.1, 0.15) is 18.9 Å². The second-order valence-electron chi connectivity index (χ2n) is 4.28. The number of aryl methyl sites for hydroxylation is 1. The van der Waals surface area contributed by atoms with Gasteiger partial charge in [0.05, 0.1) is 13.7 Å². The first-order valence-electron chi connectivity index (χ1n) is 6.46. The first kappa shape index (κ1) is 13.4. The normalized spacial score (nSPS) is 10.4. The maximum atomic E-state index is 11.2. The molecule has 0 bridgehead atoms. The summed E-state index contributed by atoms with van der Waals surface area (Å²) in [7, 11) is 1.42. The minimum atomic E-state index is -0.182. The van der Waals surface area contributed by atoms with E-state index >= 15 is 0 Å². The molecule has 0 fully saturated rings. The molecule has 2 aromatic carbocycles. The van der Waals surface area contributed by atoms with Crippen LogP contribution in [0.15, 0.2) is 36.4 Å². The molecule has 0 aromatic heterocycles. The average molecular weight is 258 g/mol. The smallest absolute Gasteiger partial charge is 0.305 e. The molecule has 3 heteroatoms. The Hall–Kier alpha value is -2.03. The second-order valence-corrected chi connectivity index (χ2v) is 4.28. The maximum Gasteiger partial charge on any atom is 0.305 e. The third kappa shape index (κ3) is 3.05. The molecule has 0 aliphatic carbocycles. The highest BCUT2D eigenvalue weighted by Crippen LogP contribution is 2.29. The number of fused-ring (bicyclic) bond motifs is 1. The summed E-state index contributed by atoms with van der Waals surface area (Å²) in [5, 5.41) is 2.23. The Labute approximate surface area is 113 Å². The Morgan fingerprint density at radius 1 is 1.11 bits per heavy atom. The first-order chi connectivity index (χ1) is 9.26. The quantitative estimate of drug-likeness (QED) is 0.771. The first-order valence-corrected chi connectivity index (χ1v) is 6.46. The van der Waals surface area contributed by atoms with Gasteiger partial charge < -0.3 is 9.47 Å². The van der Waals surface area contributed by atoms with Crippen molar-refractivity contribution in [3.8, 4) is 5.75 Å². The average Bonchev–Trinajstić information content (AvgIpc) is 2.46. The van der Waals surface area contributed by atoms with Gasteiger partial charge in [0.2, 0.25) is 0 Å². The molecule has 100 valence electrons. The van der Waals surface area contributed by atoms with Crippen molar-refractivity contribution in [3.05, 3.63) is 42.0 Å². The number of rotatable bonds is 5. The van der Waals surface area contributed by atoms with Gasteiger partial charge in [0.15, 0.2) is 0 Å². The molecule has 2 rings (SSSR count). The molecule has 0 amide bonds. The Bertz CT molecular complexity index is 575. The van der Waals surface area contributed by atoms with E-state index in [0.717, 1.165) is 22.1 Å². The Kier molecular flexibility index (Phi) is 4.39. The lowest BCUT2D eigenvalue weighted by Gasteiger charge is -2.11. The Morgan fingerprint density at radius 2 is 1.84 bits per heavy atom. The summed E-state index contributed by atoms with van der Waals surface area (Å²) < 4.78 is 10.3. The zero-order valence-electron chi connectivity index (χ0n) is 11.3. The van der Waals surface area contributed by atoms with Gasteiger partial charge in [0, 0.05) is 11.8 Å². The highest BCUT2D eigenvalue weighted by atomic mass is 16.5. The third-order valence-electron chi connectivity index (χ3n) is 3.10. The molecular formula is C16H18O3. The predicted molar refractivity (Wildman–Crippen MR) is 75.5 cm³/mol. The summed E-state index contributed by atoms with van der Waals surface area (Å²) in [6, 6.07) is 12.1. The summed E-state index contributed by atoms with van der Waals surface area (Å²) in [5.41, 5.74) is 1.14.